The molecular weight excluding hydrogens is 584 g/mol. The maximum Gasteiger partial charge on any atom is 0.264 e. The molecule has 0 unspecified atom stereocenters. The number of carbonyl (C=O) groups excluding carboxylic acids is 1. The van der Waals surface area contributed by atoms with Crippen LogP contribution in [-0.4, -0.2) is 41.1 Å². The lowest BCUT2D eigenvalue weighted by molar-refractivity contribution is -0.118. The maximum absolute atomic E-state index is 13.4. The van der Waals surface area contributed by atoms with Gasteiger partial charge in [-0.2, -0.15) is 0 Å². The minimum Gasteiger partial charge on any atom is -0.487 e. The average Bonchev–Trinajstić information content (AvgIpc) is 3.00. The van der Waals surface area contributed by atoms with Gasteiger partial charge in [0.05, 0.1) is 23.6 Å². The molecule has 43 heavy (non-hydrogen) atoms. The Labute approximate surface area is 259 Å². The van der Waals surface area contributed by atoms with Crippen LogP contribution in [0.25, 0.3) is 0 Å². The van der Waals surface area contributed by atoms with Crippen molar-refractivity contribution in [3.05, 3.63) is 101 Å². The van der Waals surface area contributed by atoms with Crippen LogP contribution in [0.4, 0.5) is 5.69 Å². The van der Waals surface area contributed by atoms with Crippen LogP contribution in [0.1, 0.15) is 42.4 Å². The van der Waals surface area contributed by atoms with Gasteiger partial charge in [0, 0.05) is 25.2 Å². The molecule has 1 aliphatic heterocycles. The van der Waals surface area contributed by atoms with Crippen LogP contribution in [0.15, 0.2) is 83.8 Å². The summed E-state index contributed by atoms with van der Waals surface area (Å²) in [5.41, 5.74) is 3.70. The second-order valence-electron chi connectivity index (χ2n) is 11.3. The molecule has 0 radical (unpaired) electrons. The molecule has 1 saturated carbocycles. The number of fused-ring (bicyclic) bond motifs is 2. The zero-order valence-corrected chi connectivity index (χ0v) is 26.1. The fraction of sp³-hybridized carbons (Fsp3) is 0.382. The third-order valence-corrected chi connectivity index (χ3v) is 9.90. The molecule has 0 spiro atoms. The van der Waals surface area contributed by atoms with Crippen LogP contribution in [0.5, 0.6) is 5.75 Å². The highest BCUT2D eigenvalue weighted by molar-refractivity contribution is 7.90. The lowest BCUT2D eigenvalue weighted by Crippen LogP contribution is -2.38. The quantitative estimate of drug-likeness (QED) is 0.281. The van der Waals surface area contributed by atoms with E-state index in [0.29, 0.717) is 35.8 Å². The van der Waals surface area contributed by atoms with Crippen LogP contribution in [-0.2, 0) is 39.0 Å². The van der Waals surface area contributed by atoms with E-state index in [0.717, 1.165) is 62.0 Å². The number of hydrogen-bond donors (Lipinski definition) is 1. The summed E-state index contributed by atoms with van der Waals surface area (Å²) in [4.78, 5) is 15.0. The Hall–Kier alpha value is -3.33. The number of ether oxygens (including phenoxy) is 2. The lowest BCUT2D eigenvalue weighted by atomic mass is 9.73. The largest absolute Gasteiger partial charge is 0.487 e. The number of nitrogens with zero attached hydrogens (tertiary/aromatic N) is 1. The van der Waals surface area contributed by atoms with Crippen molar-refractivity contribution >= 4 is 33.2 Å². The molecule has 7 nitrogen and oxygen atoms in total. The molecular formula is C34H39ClN2O5S. The fourth-order valence-electron chi connectivity index (χ4n) is 5.80. The van der Waals surface area contributed by atoms with Gasteiger partial charge < -0.3 is 14.4 Å². The van der Waals surface area contributed by atoms with Crippen molar-refractivity contribution < 1.29 is 22.7 Å². The van der Waals surface area contributed by atoms with Crippen LogP contribution < -0.4 is 14.4 Å². The number of benzene rings is 3. The summed E-state index contributed by atoms with van der Waals surface area (Å²) in [5, 5.41) is 0.706. The van der Waals surface area contributed by atoms with Gasteiger partial charge in [0.25, 0.3) is 10.0 Å². The van der Waals surface area contributed by atoms with E-state index < -0.39 is 15.9 Å². The molecule has 5 rings (SSSR count). The minimum atomic E-state index is -4.10. The van der Waals surface area contributed by atoms with Gasteiger partial charge in [-0.15, -0.1) is 0 Å². The van der Waals surface area contributed by atoms with Crippen molar-refractivity contribution in [1.29, 1.82) is 0 Å². The van der Waals surface area contributed by atoms with Gasteiger partial charge in [0.1, 0.15) is 12.4 Å². The average molecular weight is 623 g/mol. The van der Waals surface area contributed by atoms with Crippen molar-refractivity contribution in [2.24, 2.45) is 11.8 Å². The Bertz CT molecular complexity index is 1540. The molecule has 0 aromatic heterocycles. The predicted molar refractivity (Wildman–Crippen MR) is 170 cm³/mol. The number of aryl methyl sites for hydroxylation is 1. The van der Waals surface area contributed by atoms with Crippen molar-refractivity contribution in [2.45, 2.75) is 50.0 Å². The molecule has 2 atom stereocenters. The highest BCUT2D eigenvalue weighted by atomic mass is 35.5. The van der Waals surface area contributed by atoms with Crippen molar-refractivity contribution in [1.82, 2.24) is 4.72 Å². The zero-order valence-electron chi connectivity index (χ0n) is 24.5. The molecule has 0 saturated heterocycles. The summed E-state index contributed by atoms with van der Waals surface area (Å²) in [6.07, 6.45) is 9.30. The van der Waals surface area contributed by atoms with E-state index in [4.69, 9.17) is 21.1 Å². The van der Waals surface area contributed by atoms with Gasteiger partial charge in [0.2, 0.25) is 5.91 Å². The minimum absolute atomic E-state index is 0.0245. The van der Waals surface area contributed by atoms with E-state index in [2.05, 4.69) is 21.8 Å². The summed E-state index contributed by atoms with van der Waals surface area (Å²) < 4.78 is 40.7. The second-order valence-corrected chi connectivity index (χ2v) is 13.4. The molecule has 1 aliphatic carbocycles. The molecule has 228 valence electrons. The molecule has 3 aromatic carbocycles. The van der Waals surface area contributed by atoms with E-state index in [1.807, 2.05) is 36.4 Å². The zero-order chi connectivity index (χ0) is 30.2. The van der Waals surface area contributed by atoms with Gasteiger partial charge in [-0.05, 0) is 91.0 Å². The number of carbonyl (C=O) groups is 1. The van der Waals surface area contributed by atoms with Crippen LogP contribution in [0, 0.1) is 11.8 Å². The molecule has 9 heteroatoms. The van der Waals surface area contributed by atoms with Crippen molar-refractivity contribution in [3.63, 3.8) is 0 Å². The summed E-state index contributed by atoms with van der Waals surface area (Å²) >= 11 is 6.31. The highest BCUT2D eigenvalue weighted by Crippen LogP contribution is 2.40. The van der Waals surface area contributed by atoms with Crippen molar-refractivity contribution in [2.75, 3.05) is 31.7 Å². The Kier molecular flexibility index (Phi) is 10.4. The van der Waals surface area contributed by atoms with Gasteiger partial charge in [0.15, 0.2) is 0 Å². The number of amides is 1. The first-order valence-electron chi connectivity index (χ1n) is 14.9. The van der Waals surface area contributed by atoms with E-state index in [9.17, 15) is 13.2 Å². The van der Waals surface area contributed by atoms with Gasteiger partial charge in [-0.1, -0.05) is 60.2 Å². The van der Waals surface area contributed by atoms with E-state index in [1.165, 1.54) is 11.6 Å². The smallest absolute Gasteiger partial charge is 0.264 e. The summed E-state index contributed by atoms with van der Waals surface area (Å²) in [6, 6.07) is 19.8. The van der Waals surface area contributed by atoms with Crippen molar-refractivity contribution in [3.8, 4) is 5.75 Å². The van der Waals surface area contributed by atoms with Gasteiger partial charge >= 0.3 is 0 Å². The molecule has 1 amide bonds. The number of nitrogens with one attached hydrogen (secondary N) is 1. The Morgan fingerprint density at radius 1 is 1.07 bits per heavy atom. The Balaban J connectivity index is 1.43. The normalized spacial score (nSPS) is 19.0. The highest BCUT2D eigenvalue weighted by Gasteiger charge is 2.32. The molecule has 1 fully saturated rings. The molecule has 3 aromatic rings. The standard InChI is InChI=1S/C34H39ClN2O5S/c1-41-19-7-11-26-12-13-28(26)23-37-18-6-5-10-27-21-30(35)15-14-29(27)24-42-33-17-16-31(22-32(33)37)43(39,40)36-34(38)20-25-8-3-2-4-9-25/h2-4,7-9,11,14-17,21-22,26,28H,5-6,10,12-13,18-20,23-24H2,1H3,(H,36,38)/b11-7+/t26-,28+/m1/s1. The van der Waals surface area contributed by atoms with Gasteiger partial charge in [-0.25, -0.2) is 13.1 Å². The Morgan fingerprint density at radius 3 is 2.67 bits per heavy atom. The number of rotatable bonds is 9. The maximum atomic E-state index is 13.4. The summed E-state index contributed by atoms with van der Waals surface area (Å²) in [5.74, 6) is 0.927. The van der Waals surface area contributed by atoms with Crippen LogP contribution in [0.2, 0.25) is 5.02 Å². The number of hydrogen-bond acceptors (Lipinski definition) is 6. The van der Waals surface area contributed by atoms with E-state index >= 15 is 0 Å². The van der Waals surface area contributed by atoms with Gasteiger partial charge in [-0.3, -0.25) is 4.79 Å². The monoisotopic (exact) mass is 622 g/mol. The first-order chi connectivity index (χ1) is 20.8. The molecule has 1 N–H and O–H groups in total. The first kappa shape index (κ1) is 31.1. The van der Waals surface area contributed by atoms with E-state index in [1.54, 1.807) is 31.4 Å². The van der Waals surface area contributed by atoms with E-state index in [-0.39, 0.29) is 11.3 Å². The third-order valence-electron chi connectivity index (χ3n) is 8.29. The van der Waals surface area contributed by atoms with Crippen LogP contribution >= 0.6 is 11.6 Å². The molecule has 2 aliphatic rings. The Morgan fingerprint density at radius 2 is 1.91 bits per heavy atom. The predicted octanol–water partition coefficient (Wildman–Crippen LogP) is 6.34. The van der Waals surface area contributed by atoms with Crippen LogP contribution in [0.3, 0.4) is 0 Å². The summed E-state index contributed by atoms with van der Waals surface area (Å²) in [6.45, 7) is 2.46. The number of sulfonamides is 1. The molecule has 0 bridgehead atoms. The number of methoxy groups -OCH3 is 1. The summed E-state index contributed by atoms with van der Waals surface area (Å²) in [7, 11) is -2.41. The lowest BCUT2D eigenvalue weighted by Gasteiger charge is -2.40. The number of anilines is 1. The fourth-order valence-corrected chi connectivity index (χ4v) is 6.99. The number of halogens is 1. The third kappa shape index (κ3) is 8.19. The topological polar surface area (TPSA) is 84.9 Å². The molecule has 1 heterocycles. The SMILES string of the molecule is COC/C=C/[C@@H]1CC[C@H]1CN1CCCCc2cc(Cl)ccc2COc2ccc(S(=O)(=O)NC(=O)Cc3ccccc3)cc21. The second kappa shape index (κ2) is 14.4. The first-order valence-corrected chi connectivity index (χ1v) is 16.7. The number of allylic oxidation sites excluding steroid dienone is 1.